The first kappa shape index (κ1) is 11.2. The maximum absolute atomic E-state index is 13.2. The highest BCUT2D eigenvalue weighted by Gasteiger charge is 2.19. The van der Waals surface area contributed by atoms with Crippen LogP contribution >= 0.6 is 0 Å². The van der Waals surface area contributed by atoms with E-state index in [1.807, 2.05) is 4.57 Å². The van der Waals surface area contributed by atoms with Gasteiger partial charge in [0.25, 0.3) is 0 Å². The molecular formula is C12H13FN4O. The predicted octanol–water partition coefficient (Wildman–Crippen LogP) is 1.14. The number of benzene rings is 1. The van der Waals surface area contributed by atoms with Gasteiger partial charge in [0.15, 0.2) is 11.6 Å². The van der Waals surface area contributed by atoms with E-state index in [4.69, 9.17) is 0 Å². The minimum atomic E-state index is -0.576. The molecule has 0 unspecified atom stereocenters. The van der Waals surface area contributed by atoms with Crippen LogP contribution in [0.5, 0.6) is 5.75 Å². The molecule has 1 aromatic carbocycles. The van der Waals surface area contributed by atoms with Crippen LogP contribution in [0.25, 0.3) is 0 Å². The number of nitrogens with zero attached hydrogens (tertiary/aromatic N) is 4. The molecule has 1 aromatic heterocycles. The normalized spacial score (nSPS) is 15.6. The Bertz CT molecular complexity index is 569. The Kier molecular flexibility index (Phi) is 2.71. The standard InChI is InChI=1S/C12H13FN4O/c13-10-3-1-2-9(12(10)18)6-16-4-5-17-8-14-15-11(17)7-16/h1-3,8,18H,4-7H2. The fourth-order valence-electron chi connectivity index (χ4n) is 2.18. The number of phenolic OH excluding ortho intramolecular Hbond substituents is 1. The number of hydrogen-bond acceptors (Lipinski definition) is 4. The topological polar surface area (TPSA) is 54.2 Å². The highest BCUT2D eigenvalue weighted by Crippen LogP contribution is 2.23. The van der Waals surface area contributed by atoms with Crippen molar-refractivity contribution in [3.05, 3.63) is 41.7 Å². The van der Waals surface area contributed by atoms with Crippen molar-refractivity contribution < 1.29 is 9.50 Å². The summed E-state index contributed by atoms with van der Waals surface area (Å²) in [6.45, 7) is 2.83. The van der Waals surface area contributed by atoms with Gasteiger partial charge in [0.1, 0.15) is 12.2 Å². The van der Waals surface area contributed by atoms with Crippen LogP contribution in [0.3, 0.4) is 0 Å². The molecule has 0 saturated carbocycles. The van der Waals surface area contributed by atoms with Crippen molar-refractivity contribution in [3.8, 4) is 5.75 Å². The number of hydrogen-bond donors (Lipinski definition) is 1. The Hall–Kier alpha value is -1.95. The molecule has 2 heterocycles. The van der Waals surface area contributed by atoms with Gasteiger partial charge in [-0.05, 0) is 6.07 Å². The lowest BCUT2D eigenvalue weighted by atomic mass is 10.1. The summed E-state index contributed by atoms with van der Waals surface area (Å²) < 4.78 is 15.2. The van der Waals surface area contributed by atoms with Gasteiger partial charge in [0.05, 0.1) is 6.54 Å². The molecule has 0 aliphatic carbocycles. The summed E-state index contributed by atoms with van der Waals surface area (Å²) in [4.78, 5) is 2.11. The van der Waals surface area contributed by atoms with E-state index in [1.165, 1.54) is 6.07 Å². The number of para-hydroxylation sites is 1. The van der Waals surface area contributed by atoms with Crippen LogP contribution in [-0.2, 0) is 19.6 Å². The number of aromatic hydroxyl groups is 1. The van der Waals surface area contributed by atoms with E-state index >= 15 is 0 Å². The Morgan fingerprint density at radius 3 is 3.11 bits per heavy atom. The van der Waals surface area contributed by atoms with Gasteiger partial charge in [-0.3, -0.25) is 4.90 Å². The minimum absolute atomic E-state index is 0.260. The zero-order valence-corrected chi connectivity index (χ0v) is 9.75. The van der Waals surface area contributed by atoms with E-state index in [-0.39, 0.29) is 5.75 Å². The molecule has 94 valence electrons. The van der Waals surface area contributed by atoms with Crippen molar-refractivity contribution >= 4 is 0 Å². The molecule has 6 heteroatoms. The Morgan fingerprint density at radius 1 is 1.33 bits per heavy atom. The third-order valence-corrected chi connectivity index (χ3v) is 3.18. The number of phenols is 1. The molecule has 0 amide bonds. The number of aromatic nitrogens is 3. The van der Waals surface area contributed by atoms with E-state index in [2.05, 4.69) is 15.1 Å². The molecule has 0 radical (unpaired) electrons. The SMILES string of the molecule is Oc1c(F)cccc1CN1CCn2cnnc2C1. The van der Waals surface area contributed by atoms with Crippen molar-refractivity contribution in [1.29, 1.82) is 0 Å². The second-order valence-corrected chi connectivity index (χ2v) is 4.40. The van der Waals surface area contributed by atoms with Crippen molar-refractivity contribution in [1.82, 2.24) is 19.7 Å². The van der Waals surface area contributed by atoms with Crippen LogP contribution in [0, 0.1) is 5.82 Å². The van der Waals surface area contributed by atoms with E-state index in [1.54, 1.807) is 18.5 Å². The molecule has 1 aliphatic rings. The van der Waals surface area contributed by atoms with Gasteiger partial charge in [-0.25, -0.2) is 4.39 Å². The van der Waals surface area contributed by atoms with Crippen molar-refractivity contribution in [2.45, 2.75) is 19.6 Å². The third-order valence-electron chi connectivity index (χ3n) is 3.18. The first-order chi connectivity index (χ1) is 8.74. The lowest BCUT2D eigenvalue weighted by Crippen LogP contribution is -2.33. The van der Waals surface area contributed by atoms with Crippen molar-refractivity contribution in [3.63, 3.8) is 0 Å². The third kappa shape index (κ3) is 1.95. The van der Waals surface area contributed by atoms with Gasteiger partial charge < -0.3 is 9.67 Å². The maximum atomic E-state index is 13.2. The van der Waals surface area contributed by atoms with Crippen molar-refractivity contribution in [2.75, 3.05) is 6.54 Å². The van der Waals surface area contributed by atoms with Gasteiger partial charge >= 0.3 is 0 Å². The van der Waals surface area contributed by atoms with Crippen LogP contribution in [0.15, 0.2) is 24.5 Å². The predicted molar refractivity (Wildman–Crippen MR) is 62.2 cm³/mol. The largest absolute Gasteiger partial charge is 0.505 e. The maximum Gasteiger partial charge on any atom is 0.165 e. The summed E-state index contributed by atoms with van der Waals surface area (Å²) in [5.41, 5.74) is 0.600. The number of halogens is 1. The molecule has 0 fully saturated rings. The van der Waals surface area contributed by atoms with E-state index in [0.29, 0.717) is 18.7 Å². The highest BCUT2D eigenvalue weighted by atomic mass is 19.1. The van der Waals surface area contributed by atoms with Gasteiger partial charge in [-0.1, -0.05) is 12.1 Å². The molecule has 5 nitrogen and oxygen atoms in total. The fourth-order valence-corrected chi connectivity index (χ4v) is 2.18. The van der Waals surface area contributed by atoms with E-state index in [9.17, 15) is 9.50 Å². The average molecular weight is 248 g/mol. The van der Waals surface area contributed by atoms with E-state index < -0.39 is 5.82 Å². The van der Waals surface area contributed by atoms with Crippen LogP contribution in [-0.4, -0.2) is 31.3 Å². The van der Waals surface area contributed by atoms with Crippen molar-refractivity contribution in [2.24, 2.45) is 0 Å². The zero-order chi connectivity index (χ0) is 12.5. The number of fused-ring (bicyclic) bond motifs is 1. The molecule has 18 heavy (non-hydrogen) atoms. The van der Waals surface area contributed by atoms with Gasteiger partial charge in [0, 0.05) is 25.2 Å². The van der Waals surface area contributed by atoms with Gasteiger partial charge in [0.2, 0.25) is 0 Å². The Balaban J connectivity index is 1.77. The summed E-state index contributed by atoms with van der Waals surface area (Å²) in [5.74, 6) is 0.0642. The minimum Gasteiger partial charge on any atom is -0.505 e. The second-order valence-electron chi connectivity index (χ2n) is 4.40. The molecular weight excluding hydrogens is 235 g/mol. The molecule has 0 bridgehead atoms. The molecule has 1 aliphatic heterocycles. The van der Waals surface area contributed by atoms with Crippen LogP contribution in [0.2, 0.25) is 0 Å². The molecule has 0 spiro atoms. The van der Waals surface area contributed by atoms with Crippen LogP contribution < -0.4 is 0 Å². The molecule has 2 aromatic rings. The Labute approximate surface area is 103 Å². The first-order valence-corrected chi connectivity index (χ1v) is 5.79. The number of rotatable bonds is 2. The lowest BCUT2D eigenvalue weighted by molar-refractivity contribution is 0.206. The fraction of sp³-hybridized carbons (Fsp3) is 0.333. The monoisotopic (exact) mass is 248 g/mol. The zero-order valence-electron chi connectivity index (χ0n) is 9.75. The summed E-state index contributed by atoms with van der Waals surface area (Å²) >= 11 is 0. The molecule has 3 rings (SSSR count). The van der Waals surface area contributed by atoms with Gasteiger partial charge in [-0.2, -0.15) is 0 Å². The smallest absolute Gasteiger partial charge is 0.165 e. The first-order valence-electron chi connectivity index (χ1n) is 5.79. The second kappa shape index (κ2) is 4.38. The van der Waals surface area contributed by atoms with E-state index in [0.717, 1.165) is 18.9 Å². The molecule has 0 atom stereocenters. The van der Waals surface area contributed by atoms with Crippen LogP contribution in [0.4, 0.5) is 4.39 Å². The van der Waals surface area contributed by atoms with Gasteiger partial charge in [-0.15, -0.1) is 10.2 Å². The molecule has 1 N–H and O–H groups in total. The highest BCUT2D eigenvalue weighted by molar-refractivity contribution is 5.33. The van der Waals surface area contributed by atoms with Crippen LogP contribution in [0.1, 0.15) is 11.4 Å². The summed E-state index contributed by atoms with van der Waals surface area (Å²) in [5, 5.41) is 17.5. The summed E-state index contributed by atoms with van der Waals surface area (Å²) in [6.07, 6.45) is 1.71. The summed E-state index contributed by atoms with van der Waals surface area (Å²) in [7, 11) is 0. The molecule has 0 saturated heterocycles. The quantitative estimate of drug-likeness (QED) is 0.866. The summed E-state index contributed by atoms with van der Waals surface area (Å²) in [6, 6.07) is 4.60. The average Bonchev–Trinajstić information content (AvgIpc) is 2.82. The Morgan fingerprint density at radius 2 is 2.22 bits per heavy atom. The lowest BCUT2D eigenvalue weighted by Gasteiger charge is -2.27.